The van der Waals surface area contributed by atoms with Gasteiger partial charge < -0.3 is 16.4 Å². The third kappa shape index (κ3) is 2.77. The van der Waals surface area contributed by atoms with Crippen molar-refractivity contribution in [1.29, 1.82) is 0 Å². The average molecular weight is 299 g/mol. The second-order valence-electron chi connectivity index (χ2n) is 4.54. The molecule has 0 saturated carbocycles. The van der Waals surface area contributed by atoms with Gasteiger partial charge in [-0.2, -0.15) is 0 Å². The molecular formula is C14H13N5OS. The van der Waals surface area contributed by atoms with Crippen LogP contribution in [0.15, 0.2) is 36.0 Å². The van der Waals surface area contributed by atoms with Crippen LogP contribution in [0.3, 0.4) is 0 Å². The largest absolute Gasteiger partial charge is 0.383 e. The van der Waals surface area contributed by atoms with Gasteiger partial charge in [-0.3, -0.25) is 0 Å². The number of thiophene rings is 1. The van der Waals surface area contributed by atoms with E-state index in [-0.39, 0.29) is 6.03 Å². The summed E-state index contributed by atoms with van der Waals surface area (Å²) in [4.78, 5) is 20.9. The number of anilines is 3. The number of aromatic nitrogens is 2. The molecule has 3 aromatic rings. The smallest absolute Gasteiger partial charge is 0.323 e. The minimum absolute atomic E-state index is 0.330. The molecule has 0 radical (unpaired) electrons. The molecule has 21 heavy (non-hydrogen) atoms. The van der Waals surface area contributed by atoms with E-state index in [9.17, 15) is 4.79 Å². The van der Waals surface area contributed by atoms with Gasteiger partial charge in [-0.15, -0.1) is 11.3 Å². The summed E-state index contributed by atoms with van der Waals surface area (Å²) in [6.45, 7) is 1.97. The van der Waals surface area contributed by atoms with Crippen molar-refractivity contribution >= 4 is 44.8 Å². The fraction of sp³-hybridized carbons (Fsp3) is 0.0714. The minimum Gasteiger partial charge on any atom is -0.383 e. The van der Waals surface area contributed by atoms with E-state index in [0.717, 1.165) is 16.1 Å². The van der Waals surface area contributed by atoms with Crippen LogP contribution in [0.25, 0.3) is 10.2 Å². The number of carbonyl (C=O) groups is 1. The number of hydrogen-bond acceptors (Lipinski definition) is 5. The van der Waals surface area contributed by atoms with Crippen molar-refractivity contribution in [3.8, 4) is 0 Å². The van der Waals surface area contributed by atoms with Crippen LogP contribution in [0, 0.1) is 6.92 Å². The number of carbonyl (C=O) groups excluding carboxylic acids is 1. The van der Waals surface area contributed by atoms with Crippen LogP contribution < -0.4 is 16.4 Å². The predicted octanol–water partition coefficient (Wildman–Crippen LogP) is 3.23. The Bertz CT molecular complexity index is 814. The van der Waals surface area contributed by atoms with Crippen molar-refractivity contribution in [2.45, 2.75) is 6.92 Å². The molecule has 1 aromatic carbocycles. The summed E-state index contributed by atoms with van der Waals surface area (Å²) in [5.74, 6) is 0.354. The Morgan fingerprint density at radius 2 is 2.14 bits per heavy atom. The van der Waals surface area contributed by atoms with Gasteiger partial charge in [0.1, 0.15) is 17.0 Å². The van der Waals surface area contributed by atoms with Crippen molar-refractivity contribution in [1.82, 2.24) is 9.97 Å². The summed E-state index contributed by atoms with van der Waals surface area (Å²) in [5.41, 5.74) is 8.25. The van der Waals surface area contributed by atoms with E-state index < -0.39 is 0 Å². The number of nitrogens with zero attached hydrogens (tertiary/aromatic N) is 2. The lowest BCUT2D eigenvalue weighted by Crippen LogP contribution is -2.19. The van der Waals surface area contributed by atoms with E-state index in [2.05, 4.69) is 20.6 Å². The molecule has 0 aliphatic rings. The predicted molar refractivity (Wildman–Crippen MR) is 85.6 cm³/mol. The quantitative estimate of drug-likeness (QED) is 0.677. The van der Waals surface area contributed by atoms with Crippen LogP contribution in [0.5, 0.6) is 0 Å². The second-order valence-corrected chi connectivity index (χ2v) is 5.40. The molecule has 3 rings (SSSR count). The number of nitrogens with one attached hydrogen (secondary N) is 2. The number of amides is 2. The van der Waals surface area contributed by atoms with Crippen LogP contribution in [-0.2, 0) is 0 Å². The molecule has 0 unspecified atom stereocenters. The summed E-state index contributed by atoms with van der Waals surface area (Å²) >= 11 is 1.41. The monoisotopic (exact) mass is 299 g/mol. The average Bonchev–Trinajstić information content (AvgIpc) is 2.83. The zero-order valence-electron chi connectivity index (χ0n) is 11.3. The third-order valence-corrected chi connectivity index (χ3v) is 3.81. The number of aryl methyl sites for hydroxylation is 1. The maximum atomic E-state index is 12.0. The normalized spacial score (nSPS) is 10.5. The summed E-state index contributed by atoms with van der Waals surface area (Å²) in [6, 6.07) is 7.24. The molecule has 0 saturated heterocycles. The number of benzene rings is 1. The summed E-state index contributed by atoms with van der Waals surface area (Å²) in [5, 5.41) is 8.02. The first-order valence-electron chi connectivity index (χ1n) is 6.26. The van der Waals surface area contributed by atoms with Crippen LogP contribution in [0.1, 0.15) is 5.56 Å². The lowest BCUT2D eigenvalue weighted by molar-refractivity contribution is 0.262. The second kappa shape index (κ2) is 5.37. The van der Waals surface area contributed by atoms with Gasteiger partial charge in [0.2, 0.25) is 0 Å². The molecule has 2 aromatic heterocycles. The highest BCUT2D eigenvalue weighted by Gasteiger charge is 2.12. The van der Waals surface area contributed by atoms with E-state index in [0.29, 0.717) is 16.9 Å². The maximum absolute atomic E-state index is 12.0. The van der Waals surface area contributed by atoms with Gasteiger partial charge in [-0.1, -0.05) is 12.1 Å². The molecule has 4 N–H and O–H groups in total. The van der Waals surface area contributed by atoms with Gasteiger partial charge in [-0.05, 0) is 24.6 Å². The van der Waals surface area contributed by atoms with Crippen molar-refractivity contribution in [2.24, 2.45) is 0 Å². The number of nitrogen functional groups attached to an aromatic ring is 1. The van der Waals surface area contributed by atoms with E-state index in [1.165, 1.54) is 17.7 Å². The molecule has 0 aliphatic heterocycles. The first-order valence-corrected chi connectivity index (χ1v) is 7.14. The van der Waals surface area contributed by atoms with Crippen LogP contribution in [-0.4, -0.2) is 16.0 Å². The van der Waals surface area contributed by atoms with E-state index >= 15 is 0 Å². The molecule has 2 amide bonds. The highest BCUT2D eigenvalue weighted by atomic mass is 32.1. The molecule has 7 heteroatoms. The van der Waals surface area contributed by atoms with Crippen molar-refractivity contribution in [2.75, 3.05) is 16.4 Å². The fourth-order valence-corrected chi connectivity index (χ4v) is 2.84. The molecule has 0 aliphatic carbocycles. The number of nitrogens with two attached hydrogens (primary N) is 1. The zero-order valence-corrected chi connectivity index (χ0v) is 12.1. The van der Waals surface area contributed by atoms with Crippen LogP contribution in [0.2, 0.25) is 0 Å². The molecule has 6 nitrogen and oxygen atoms in total. The highest BCUT2D eigenvalue weighted by Crippen LogP contribution is 2.31. The molecule has 0 atom stereocenters. The number of fused-ring (bicyclic) bond motifs is 1. The van der Waals surface area contributed by atoms with Crippen LogP contribution >= 0.6 is 11.3 Å². The van der Waals surface area contributed by atoms with Gasteiger partial charge >= 0.3 is 6.03 Å². The first-order chi connectivity index (χ1) is 10.1. The Balaban J connectivity index is 1.81. The highest BCUT2D eigenvalue weighted by molar-refractivity contribution is 7.17. The van der Waals surface area contributed by atoms with Gasteiger partial charge in [0.25, 0.3) is 0 Å². The lowest BCUT2D eigenvalue weighted by Gasteiger charge is -2.07. The lowest BCUT2D eigenvalue weighted by atomic mass is 10.2. The van der Waals surface area contributed by atoms with Crippen LogP contribution in [0.4, 0.5) is 22.0 Å². The van der Waals surface area contributed by atoms with Gasteiger partial charge in [0.15, 0.2) is 0 Å². The number of urea groups is 1. The Hall–Kier alpha value is -2.67. The SMILES string of the molecule is Cc1cccc(NC(=O)Nc2csc3ncnc(N)c23)c1. The molecular weight excluding hydrogens is 286 g/mol. The maximum Gasteiger partial charge on any atom is 0.323 e. The van der Waals surface area contributed by atoms with Crippen molar-refractivity contribution in [3.63, 3.8) is 0 Å². The molecule has 106 valence electrons. The first kappa shape index (κ1) is 13.3. The summed E-state index contributed by atoms with van der Waals surface area (Å²) in [6.07, 6.45) is 1.41. The molecule has 0 fully saturated rings. The van der Waals surface area contributed by atoms with E-state index in [4.69, 9.17) is 5.73 Å². The summed E-state index contributed by atoms with van der Waals surface area (Å²) < 4.78 is 0. The molecule has 0 spiro atoms. The van der Waals surface area contributed by atoms with E-state index in [1.807, 2.05) is 31.2 Å². The standard InChI is InChI=1S/C14H13N5OS/c1-8-3-2-4-9(5-8)18-14(20)19-10-6-21-13-11(10)12(15)16-7-17-13/h2-7H,1H3,(H2,15,16,17)(H2,18,19,20). The van der Waals surface area contributed by atoms with E-state index in [1.54, 1.807) is 5.38 Å². The Kier molecular flexibility index (Phi) is 3.41. The van der Waals surface area contributed by atoms with Crippen molar-refractivity contribution in [3.05, 3.63) is 41.5 Å². The van der Waals surface area contributed by atoms with Crippen molar-refractivity contribution < 1.29 is 4.79 Å². The molecule has 0 bridgehead atoms. The zero-order chi connectivity index (χ0) is 14.8. The summed E-state index contributed by atoms with van der Waals surface area (Å²) in [7, 11) is 0. The Morgan fingerprint density at radius 1 is 1.29 bits per heavy atom. The fourth-order valence-electron chi connectivity index (χ4n) is 2.00. The van der Waals surface area contributed by atoms with Gasteiger partial charge in [-0.25, -0.2) is 14.8 Å². The molecule has 2 heterocycles. The Morgan fingerprint density at radius 3 is 2.95 bits per heavy atom. The van der Waals surface area contributed by atoms with Gasteiger partial charge in [0.05, 0.1) is 11.1 Å². The number of hydrogen-bond donors (Lipinski definition) is 3. The number of rotatable bonds is 2. The topological polar surface area (TPSA) is 92.9 Å². The van der Waals surface area contributed by atoms with Gasteiger partial charge in [0, 0.05) is 11.1 Å². The third-order valence-electron chi connectivity index (χ3n) is 2.92. The Labute approximate surface area is 125 Å². The minimum atomic E-state index is -0.330.